The van der Waals surface area contributed by atoms with Crippen LogP contribution in [0.1, 0.15) is 39.5 Å². The predicted molar refractivity (Wildman–Crippen MR) is 98.5 cm³/mol. The first-order valence-electron chi connectivity index (χ1n) is 8.56. The van der Waals surface area contributed by atoms with Crippen molar-refractivity contribution in [2.24, 2.45) is 5.73 Å². The van der Waals surface area contributed by atoms with Crippen molar-refractivity contribution in [2.45, 2.75) is 57.2 Å². The molecule has 0 spiro atoms. The third kappa shape index (κ3) is 4.73. The van der Waals surface area contributed by atoms with E-state index in [0.717, 1.165) is 64.2 Å². The topological polar surface area (TPSA) is 52.8 Å². The second kappa shape index (κ2) is 8.34. The Morgan fingerprint density at radius 2 is 1.52 bits per heavy atom. The number of piperazine rings is 1. The lowest BCUT2D eigenvalue weighted by atomic mass is 10.2. The zero-order chi connectivity index (χ0) is 15.0. The lowest BCUT2D eigenvalue weighted by molar-refractivity contribution is -0.135. The smallest absolute Gasteiger partial charge is 0.242 e. The molecule has 3 rings (SSSR count). The summed E-state index contributed by atoms with van der Waals surface area (Å²) in [5.41, 5.74) is 5.52. The maximum absolute atomic E-state index is 12.2. The Balaban J connectivity index is 0.00000132. The predicted octanol–water partition coefficient (Wildman–Crippen LogP) is 1.34. The van der Waals surface area contributed by atoms with Crippen LogP contribution in [0.25, 0.3) is 0 Å². The van der Waals surface area contributed by atoms with Gasteiger partial charge >= 0.3 is 0 Å². The molecule has 2 unspecified atom stereocenters. The summed E-state index contributed by atoms with van der Waals surface area (Å²) in [6, 6.07) is 1.46. The van der Waals surface area contributed by atoms with E-state index in [1.54, 1.807) is 0 Å². The molecule has 2 aliphatic heterocycles. The van der Waals surface area contributed by atoms with Gasteiger partial charge in [-0.1, -0.05) is 0 Å². The Bertz CT molecular complexity index is 388. The molecule has 0 radical (unpaired) electrons. The summed E-state index contributed by atoms with van der Waals surface area (Å²) in [5.74, 6) is 0.184. The Hall–Kier alpha value is -0.0700. The molecule has 0 aromatic rings. The molecule has 0 bridgehead atoms. The second-order valence-corrected chi connectivity index (χ2v) is 7.30. The van der Waals surface area contributed by atoms with Gasteiger partial charge in [-0.05, 0) is 39.5 Å². The van der Waals surface area contributed by atoms with E-state index in [9.17, 15) is 4.79 Å². The first-order chi connectivity index (χ1) is 9.99. The van der Waals surface area contributed by atoms with Crippen LogP contribution in [0.2, 0.25) is 0 Å². The van der Waals surface area contributed by atoms with Gasteiger partial charge in [0.1, 0.15) is 0 Å². The van der Waals surface area contributed by atoms with Crippen LogP contribution in [0.15, 0.2) is 0 Å². The summed E-state index contributed by atoms with van der Waals surface area (Å²) in [5, 5.41) is 0. The minimum atomic E-state index is -0.497. The lowest BCUT2D eigenvalue weighted by Crippen LogP contribution is -2.55. The Labute approximate surface area is 152 Å². The van der Waals surface area contributed by atoms with Crippen LogP contribution in [-0.4, -0.2) is 77.5 Å². The van der Waals surface area contributed by atoms with Crippen molar-refractivity contribution < 1.29 is 4.79 Å². The number of hydrogen-bond donors (Lipinski definition) is 1. The third-order valence-electron chi connectivity index (χ3n) is 5.68. The number of hydrogen-bond acceptors (Lipinski definition) is 4. The summed E-state index contributed by atoms with van der Waals surface area (Å²) in [7, 11) is 0. The molecule has 1 amide bonds. The fourth-order valence-corrected chi connectivity index (χ4v) is 3.78. The summed E-state index contributed by atoms with van der Waals surface area (Å²) in [6.07, 6.45) is 4.41. The van der Waals surface area contributed by atoms with E-state index in [0.29, 0.717) is 0 Å². The van der Waals surface area contributed by atoms with E-state index in [-0.39, 0.29) is 30.7 Å². The fraction of sp³-hybridized carbons (Fsp3) is 0.938. The van der Waals surface area contributed by atoms with Crippen LogP contribution >= 0.6 is 24.8 Å². The Morgan fingerprint density at radius 1 is 1.00 bits per heavy atom. The van der Waals surface area contributed by atoms with Gasteiger partial charge in [-0.25, -0.2) is 0 Å². The van der Waals surface area contributed by atoms with Gasteiger partial charge in [0.25, 0.3) is 0 Å². The molecule has 7 heteroatoms. The molecule has 23 heavy (non-hydrogen) atoms. The molecular formula is C16H32Cl2N4O. The highest BCUT2D eigenvalue weighted by atomic mass is 35.5. The van der Waals surface area contributed by atoms with Gasteiger partial charge in [0.15, 0.2) is 0 Å². The molecule has 3 fully saturated rings. The van der Waals surface area contributed by atoms with Crippen LogP contribution < -0.4 is 5.73 Å². The van der Waals surface area contributed by atoms with Crippen molar-refractivity contribution in [1.82, 2.24) is 14.7 Å². The number of halogens is 2. The molecule has 3 aliphatic rings. The SMILES string of the molecule is CC1CCC(C)N1CCN1CCN(C(=O)C2(N)CC2)CC1.Cl.Cl. The molecule has 0 aromatic heterocycles. The van der Waals surface area contributed by atoms with Crippen molar-refractivity contribution >= 4 is 30.7 Å². The summed E-state index contributed by atoms with van der Waals surface area (Å²) < 4.78 is 0. The van der Waals surface area contributed by atoms with E-state index in [4.69, 9.17) is 5.73 Å². The highest BCUT2D eigenvalue weighted by molar-refractivity contribution is 5.89. The molecule has 0 aromatic carbocycles. The average Bonchev–Trinajstić information content (AvgIpc) is 3.16. The van der Waals surface area contributed by atoms with Crippen molar-refractivity contribution in [2.75, 3.05) is 39.3 Å². The molecule has 2 N–H and O–H groups in total. The Kier molecular flexibility index (Phi) is 7.61. The number of nitrogens with zero attached hydrogens (tertiary/aromatic N) is 3. The van der Waals surface area contributed by atoms with Gasteiger partial charge in [0.2, 0.25) is 5.91 Å². The monoisotopic (exact) mass is 366 g/mol. The molecule has 2 atom stereocenters. The maximum atomic E-state index is 12.2. The lowest BCUT2D eigenvalue weighted by Gasteiger charge is -2.37. The molecule has 1 saturated carbocycles. The number of carbonyl (C=O) groups is 1. The third-order valence-corrected chi connectivity index (χ3v) is 5.68. The largest absolute Gasteiger partial charge is 0.339 e. The quantitative estimate of drug-likeness (QED) is 0.815. The zero-order valence-electron chi connectivity index (χ0n) is 14.4. The average molecular weight is 367 g/mol. The van der Waals surface area contributed by atoms with Crippen molar-refractivity contribution in [3.05, 3.63) is 0 Å². The molecule has 2 saturated heterocycles. The van der Waals surface area contributed by atoms with Crippen LogP contribution in [0, 0.1) is 0 Å². The maximum Gasteiger partial charge on any atom is 0.242 e. The Morgan fingerprint density at radius 3 is 2.00 bits per heavy atom. The molecular weight excluding hydrogens is 335 g/mol. The van der Waals surface area contributed by atoms with Crippen LogP contribution in [0.5, 0.6) is 0 Å². The van der Waals surface area contributed by atoms with E-state index in [2.05, 4.69) is 23.6 Å². The van der Waals surface area contributed by atoms with Crippen LogP contribution in [0.3, 0.4) is 0 Å². The van der Waals surface area contributed by atoms with E-state index in [1.807, 2.05) is 4.90 Å². The van der Waals surface area contributed by atoms with E-state index in [1.165, 1.54) is 12.8 Å². The van der Waals surface area contributed by atoms with Crippen LogP contribution in [0.4, 0.5) is 0 Å². The zero-order valence-corrected chi connectivity index (χ0v) is 16.0. The molecule has 1 aliphatic carbocycles. The first-order valence-corrected chi connectivity index (χ1v) is 8.56. The number of likely N-dealkylation sites (tertiary alicyclic amines) is 1. The number of amides is 1. The van der Waals surface area contributed by atoms with Crippen molar-refractivity contribution in [1.29, 1.82) is 0 Å². The molecule has 136 valence electrons. The standard InChI is InChI=1S/C16H30N4O.2ClH/c1-13-3-4-14(2)20(13)12-9-18-7-10-19(11-8-18)15(21)16(17)5-6-16;;/h13-14H,3-12,17H2,1-2H3;2*1H. The van der Waals surface area contributed by atoms with Gasteiger partial charge in [-0.2, -0.15) is 0 Å². The van der Waals surface area contributed by atoms with Crippen molar-refractivity contribution in [3.63, 3.8) is 0 Å². The molecule has 2 heterocycles. The fourth-order valence-electron chi connectivity index (χ4n) is 3.78. The minimum absolute atomic E-state index is 0. The normalized spacial score (nSPS) is 30.5. The van der Waals surface area contributed by atoms with Gasteiger partial charge < -0.3 is 10.6 Å². The van der Waals surface area contributed by atoms with Gasteiger partial charge in [0, 0.05) is 51.4 Å². The highest BCUT2D eigenvalue weighted by Crippen LogP contribution is 2.34. The summed E-state index contributed by atoms with van der Waals surface area (Å²) >= 11 is 0. The van der Waals surface area contributed by atoms with Crippen molar-refractivity contribution in [3.8, 4) is 0 Å². The number of nitrogens with two attached hydrogens (primary N) is 1. The highest BCUT2D eigenvalue weighted by Gasteiger charge is 2.48. The first kappa shape index (κ1) is 21.0. The summed E-state index contributed by atoms with van der Waals surface area (Å²) in [6.45, 7) is 10.7. The van der Waals surface area contributed by atoms with Gasteiger partial charge in [-0.3, -0.25) is 14.6 Å². The van der Waals surface area contributed by atoms with Gasteiger partial charge in [-0.15, -0.1) is 24.8 Å². The number of rotatable bonds is 4. The van der Waals surface area contributed by atoms with E-state index < -0.39 is 5.54 Å². The van der Waals surface area contributed by atoms with E-state index >= 15 is 0 Å². The van der Waals surface area contributed by atoms with Gasteiger partial charge in [0.05, 0.1) is 5.54 Å². The molecule has 5 nitrogen and oxygen atoms in total. The van der Waals surface area contributed by atoms with Crippen LogP contribution in [-0.2, 0) is 4.79 Å². The summed E-state index contributed by atoms with van der Waals surface area (Å²) in [4.78, 5) is 19.3. The second-order valence-electron chi connectivity index (χ2n) is 7.30. The number of carbonyl (C=O) groups excluding carboxylic acids is 1. The minimum Gasteiger partial charge on any atom is -0.339 e.